The molecule has 1 amide bonds. The van der Waals surface area contributed by atoms with Crippen LogP contribution in [0.4, 0.5) is 5.69 Å². The Bertz CT molecular complexity index is 1480. The fourth-order valence-corrected chi connectivity index (χ4v) is 8.39. The van der Waals surface area contributed by atoms with E-state index in [0.29, 0.717) is 44.0 Å². The van der Waals surface area contributed by atoms with Gasteiger partial charge in [0.05, 0.1) is 31.4 Å². The molecule has 4 aliphatic rings. The highest BCUT2D eigenvalue weighted by atomic mass is 35.5. The van der Waals surface area contributed by atoms with Crippen molar-refractivity contribution in [2.75, 3.05) is 45.3 Å². The van der Waals surface area contributed by atoms with Gasteiger partial charge in [0.2, 0.25) is 5.91 Å². The number of nitrogens with zero attached hydrogens (tertiary/aromatic N) is 2. The highest BCUT2D eigenvalue weighted by Gasteiger charge is 2.51. The molecule has 2 N–H and O–H groups in total. The summed E-state index contributed by atoms with van der Waals surface area (Å²) in [6.45, 7) is 4.03. The highest BCUT2D eigenvalue weighted by Crippen LogP contribution is 2.48. The van der Waals surface area contributed by atoms with Gasteiger partial charge >= 0.3 is 5.97 Å². The van der Waals surface area contributed by atoms with Gasteiger partial charge < -0.3 is 29.5 Å². The number of aryl methyl sites for hydroxylation is 1. The van der Waals surface area contributed by atoms with Gasteiger partial charge in [0.25, 0.3) is 0 Å². The summed E-state index contributed by atoms with van der Waals surface area (Å²) in [5, 5.41) is 24.2. The molecule has 2 heterocycles. The third kappa shape index (κ3) is 5.63. The minimum atomic E-state index is -2.20. The van der Waals surface area contributed by atoms with E-state index in [4.69, 9.17) is 21.1 Å². The van der Waals surface area contributed by atoms with Crippen LogP contribution in [0.5, 0.6) is 5.75 Å². The number of ether oxygens (including phenoxy) is 2. The number of hydrogen-bond donors (Lipinski definition) is 2. The standard InChI is InChI=1S/C36H45ClN2O6/c1-4-28-33(41)38(2)17-6-5-9-31(40)27-13-10-24(27)20-39-21-35(16-7-8-23-18-26(37)12-14-29(23)35)22-45-32-15-11-25(19-30(32)39)36(28,43)34(42)44-3/h5,9,11-12,14-15,18-19,24,27-28,31,40,43H,4,6-8,10,13,16-17,20-22H2,1-3H3/b9-5+/t24-,27+,28-,31-,35-,36-/m0/s1. The number of carbonyl (C=O) groups is 2. The number of esters is 1. The van der Waals surface area contributed by atoms with E-state index in [0.717, 1.165) is 42.8 Å². The Kier molecular flexibility index (Phi) is 8.94. The Balaban J connectivity index is 1.50. The maximum absolute atomic E-state index is 13.8. The molecule has 1 saturated carbocycles. The molecule has 0 aromatic heterocycles. The second-order valence-electron chi connectivity index (χ2n) is 13.5. The number of fused-ring (bicyclic) bond motifs is 4. The molecular weight excluding hydrogens is 592 g/mol. The van der Waals surface area contributed by atoms with E-state index in [9.17, 15) is 19.8 Å². The van der Waals surface area contributed by atoms with E-state index in [1.165, 1.54) is 18.2 Å². The summed E-state index contributed by atoms with van der Waals surface area (Å²) in [5.41, 5.74) is 1.08. The topological polar surface area (TPSA) is 99.5 Å². The number of amides is 1. The molecule has 0 radical (unpaired) electrons. The van der Waals surface area contributed by atoms with Gasteiger partial charge in [-0.05, 0) is 97.7 Å². The van der Waals surface area contributed by atoms with Gasteiger partial charge in [-0.1, -0.05) is 42.8 Å². The number of halogens is 1. The maximum atomic E-state index is 13.8. The number of carbonyl (C=O) groups excluding carboxylic acids is 2. The summed E-state index contributed by atoms with van der Waals surface area (Å²) in [5.74, 6) is -1.23. The Morgan fingerprint density at radius 2 is 2.02 bits per heavy atom. The van der Waals surface area contributed by atoms with Crippen molar-refractivity contribution < 1.29 is 29.3 Å². The van der Waals surface area contributed by atoms with Gasteiger partial charge in [-0.15, -0.1) is 0 Å². The van der Waals surface area contributed by atoms with E-state index in [-0.39, 0.29) is 29.6 Å². The van der Waals surface area contributed by atoms with Gasteiger partial charge in [0.15, 0.2) is 5.60 Å². The molecule has 2 aliphatic heterocycles. The highest BCUT2D eigenvalue weighted by molar-refractivity contribution is 6.30. The average Bonchev–Trinajstić information content (AvgIpc) is 3.17. The number of methoxy groups -OCH3 is 1. The van der Waals surface area contributed by atoms with Crippen LogP contribution in [0.3, 0.4) is 0 Å². The molecule has 2 aliphatic carbocycles. The van der Waals surface area contributed by atoms with Crippen LogP contribution in [0.15, 0.2) is 48.6 Å². The first kappa shape index (κ1) is 31.9. The monoisotopic (exact) mass is 636 g/mol. The smallest absolute Gasteiger partial charge is 0.343 e. The van der Waals surface area contributed by atoms with Crippen LogP contribution in [0, 0.1) is 17.8 Å². The maximum Gasteiger partial charge on any atom is 0.343 e. The largest absolute Gasteiger partial charge is 0.490 e. The predicted octanol–water partition coefficient (Wildman–Crippen LogP) is 5.01. The van der Waals surface area contributed by atoms with Crippen LogP contribution >= 0.6 is 11.6 Å². The molecule has 0 saturated heterocycles. The summed E-state index contributed by atoms with van der Waals surface area (Å²) in [4.78, 5) is 31.2. The molecule has 0 unspecified atom stereocenters. The number of anilines is 1. The molecule has 6 atom stereocenters. The van der Waals surface area contributed by atoms with E-state index in [2.05, 4.69) is 17.0 Å². The quantitative estimate of drug-likeness (QED) is 0.353. The fourth-order valence-electron chi connectivity index (χ4n) is 8.19. The van der Waals surface area contributed by atoms with Crippen molar-refractivity contribution in [2.24, 2.45) is 17.8 Å². The summed E-state index contributed by atoms with van der Waals surface area (Å²) in [6.07, 6.45) is 8.88. The van der Waals surface area contributed by atoms with Crippen molar-refractivity contribution in [2.45, 2.75) is 69.0 Å². The fraction of sp³-hybridized carbons (Fsp3) is 0.556. The molecule has 2 aromatic carbocycles. The average molecular weight is 637 g/mol. The van der Waals surface area contributed by atoms with Crippen LogP contribution in [-0.2, 0) is 31.8 Å². The minimum Gasteiger partial charge on any atom is -0.490 e. The first-order valence-corrected chi connectivity index (χ1v) is 16.7. The lowest BCUT2D eigenvalue weighted by atomic mass is 9.68. The number of rotatable bonds is 2. The summed E-state index contributed by atoms with van der Waals surface area (Å²) < 4.78 is 11.8. The molecule has 1 spiro atoms. The van der Waals surface area contributed by atoms with Crippen molar-refractivity contribution in [3.8, 4) is 5.75 Å². The van der Waals surface area contributed by atoms with Gasteiger partial charge in [-0.25, -0.2) is 4.79 Å². The Labute approximate surface area is 270 Å². The third-order valence-corrected chi connectivity index (χ3v) is 11.1. The zero-order valence-electron chi connectivity index (χ0n) is 26.5. The molecular formula is C36H45ClN2O6. The van der Waals surface area contributed by atoms with Crippen LogP contribution in [-0.4, -0.2) is 73.5 Å². The summed E-state index contributed by atoms with van der Waals surface area (Å²) in [6, 6.07) is 11.5. The first-order chi connectivity index (χ1) is 21.6. The van der Waals surface area contributed by atoms with Crippen LogP contribution in [0.25, 0.3) is 0 Å². The number of aliphatic hydroxyl groups is 2. The lowest BCUT2D eigenvalue weighted by molar-refractivity contribution is -0.176. The Morgan fingerprint density at radius 1 is 1.20 bits per heavy atom. The van der Waals surface area contributed by atoms with Crippen LogP contribution in [0.1, 0.15) is 62.1 Å². The molecule has 8 nitrogen and oxygen atoms in total. The van der Waals surface area contributed by atoms with Crippen molar-refractivity contribution in [1.29, 1.82) is 0 Å². The van der Waals surface area contributed by atoms with E-state index >= 15 is 0 Å². The number of aliphatic hydroxyl groups excluding tert-OH is 1. The normalized spacial score (nSPS) is 32.4. The lowest BCUT2D eigenvalue weighted by Crippen LogP contribution is -2.51. The predicted molar refractivity (Wildman–Crippen MR) is 174 cm³/mol. The van der Waals surface area contributed by atoms with Crippen molar-refractivity contribution in [3.63, 3.8) is 0 Å². The molecule has 242 valence electrons. The Hall–Kier alpha value is -3.07. The second kappa shape index (κ2) is 12.6. The molecule has 2 bridgehead atoms. The van der Waals surface area contributed by atoms with Crippen molar-refractivity contribution >= 4 is 29.2 Å². The van der Waals surface area contributed by atoms with Crippen molar-refractivity contribution in [1.82, 2.24) is 4.90 Å². The van der Waals surface area contributed by atoms with Gasteiger partial charge in [0.1, 0.15) is 5.75 Å². The zero-order chi connectivity index (χ0) is 31.9. The summed E-state index contributed by atoms with van der Waals surface area (Å²) in [7, 11) is 2.92. The molecule has 45 heavy (non-hydrogen) atoms. The Morgan fingerprint density at radius 3 is 2.76 bits per heavy atom. The number of hydrogen-bond acceptors (Lipinski definition) is 7. The third-order valence-electron chi connectivity index (χ3n) is 10.9. The molecule has 2 aromatic rings. The van der Waals surface area contributed by atoms with E-state index in [1.807, 2.05) is 30.4 Å². The number of benzene rings is 2. The van der Waals surface area contributed by atoms with E-state index in [1.54, 1.807) is 24.9 Å². The zero-order valence-corrected chi connectivity index (χ0v) is 27.3. The van der Waals surface area contributed by atoms with Gasteiger partial charge in [-0.2, -0.15) is 0 Å². The van der Waals surface area contributed by atoms with Gasteiger partial charge in [0, 0.05) is 37.1 Å². The summed E-state index contributed by atoms with van der Waals surface area (Å²) >= 11 is 6.43. The van der Waals surface area contributed by atoms with Crippen LogP contribution < -0.4 is 9.64 Å². The van der Waals surface area contributed by atoms with E-state index < -0.39 is 23.6 Å². The molecule has 1 fully saturated rings. The molecule has 6 rings (SSSR count). The second-order valence-corrected chi connectivity index (χ2v) is 13.9. The van der Waals surface area contributed by atoms with Gasteiger partial charge in [-0.3, -0.25) is 4.79 Å². The van der Waals surface area contributed by atoms with Crippen LogP contribution in [0.2, 0.25) is 5.02 Å². The molecule has 9 heteroatoms. The lowest BCUT2D eigenvalue weighted by Gasteiger charge is -2.45. The first-order valence-electron chi connectivity index (χ1n) is 16.3. The minimum absolute atomic E-state index is 0.120. The van der Waals surface area contributed by atoms with Crippen molar-refractivity contribution in [3.05, 3.63) is 70.3 Å². The SMILES string of the molecule is CC[C@H]1C(=O)N(C)CC/C=C/[C@H](O)[C@@H]2CC[C@H]2CN2C[C@@]3(CCCc4cc(Cl)ccc43)COc3ccc(cc32)[C@@]1(O)C(=O)OC.